The number of sulfonamides is 1. The molecule has 11 heteroatoms. The lowest BCUT2D eigenvalue weighted by atomic mass is 9.95. The number of nitrogens with one attached hydrogen (secondary N) is 1. The average molecular weight is 599 g/mol. The summed E-state index contributed by atoms with van der Waals surface area (Å²) in [6, 6.07) is 11.3. The number of benzene rings is 2. The van der Waals surface area contributed by atoms with Crippen molar-refractivity contribution in [2.24, 2.45) is 0 Å². The first-order valence-corrected chi connectivity index (χ1v) is 15.8. The molecule has 2 aromatic carbocycles. The van der Waals surface area contributed by atoms with Crippen molar-refractivity contribution in [3.05, 3.63) is 58.1 Å². The predicted octanol–water partition coefficient (Wildman–Crippen LogP) is 5.41. The van der Waals surface area contributed by atoms with Crippen LogP contribution < -0.4 is 14.4 Å². The second-order valence-electron chi connectivity index (χ2n) is 9.93. The average Bonchev–Trinajstić information content (AvgIpc) is 2.90. The smallest absolute Gasteiger partial charge is 0.242 e. The molecule has 1 aliphatic rings. The maximum atomic E-state index is 13.5. The van der Waals surface area contributed by atoms with E-state index in [0.717, 1.165) is 37.5 Å². The molecular weight excluding hydrogens is 561 g/mol. The van der Waals surface area contributed by atoms with E-state index in [4.69, 9.17) is 27.9 Å². The number of amides is 2. The Bertz CT molecular complexity index is 1230. The molecule has 0 saturated heterocycles. The lowest BCUT2D eigenvalue weighted by Gasteiger charge is -2.31. The Morgan fingerprint density at radius 3 is 2.33 bits per heavy atom. The molecule has 0 aromatic heterocycles. The Morgan fingerprint density at radius 1 is 1.08 bits per heavy atom. The van der Waals surface area contributed by atoms with E-state index in [1.54, 1.807) is 36.1 Å². The molecule has 0 heterocycles. The van der Waals surface area contributed by atoms with Gasteiger partial charge in [0.2, 0.25) is 21.8 Å². The first kappa shape index (κ1) is 31.0. The van der Waals surface area contributed by atoms with Gasteiger partial charge in [-0.25, -0.2) is 8.42 Å². The first-order valence-electron chi connectivity index (χ1n) is 13.1. The minimum absolute atomic E-state index is 0.0601. The van der Waals surface area contributed by atoms with Crippen molar-refractivity contribution >= 4 is 50.7 Å². The maximum absolute atomic E-state index is 13.5. The molecule has 0 spiro atoms. The van der Waals surface area contributed by atoms with Crippen molar-refractivity contribution < 1.29 is 22.7 Å². The lowest BCUT2D eigenvalue weighted by Crippen LogP contribution is -2.50. The third-order valence-electron chi connectivity index (χ3n) is 6.96. The first-order chi connectivity index (χ1) is 18.5. The Kier molecular flexibility index (Phi) is 11.3. The third-order valence-corrected chi connectivity index (χ3v) is 8.70. The molecule has 0 aliphatic heterocycles. The van der Waals surface area contributed by atoms with Crippen LogP contribution in [0.1, 0.15) is 57.4 Å². The van der Waals surface area contributed by atoms with Gasteiger partial charge in [0.15, 0.2) is 0 Å². The Morgan fingerprint density at radius 2 is 1.74 bits per heavy atom. The standard InChI is InChI=1S/C28H37Cl2N3O5S/c1-20(28(35)31-23-8-5-4-6-9-23)32(19-21-11-13-22(29)14-12-21)27(34)10-7-17-33(39(3,36)37)24-15-16-26(38-2)25(30)18-24/h11-16,18,20,23H,4-10,17,19H2,1-3H3,(H,31,35)/t20-/m1/s1. The number of hydrogen-bond donors (Lipinski definition) is 1. The summed E-state index contributed by atoms with van der Waals surface area (Å²) in [6.45, 7) is 2.04. The van der Waals surface area contributed by atoms with Crippen molar-refractivity contribution in [3.8, 4) is 5.75 Å². The number of hydrogen-bond acceptors (Lipinski definition) is 5. The topological polar surface area (TPSA) is 96.0 Å². The normalized spacial score (nSPS) is 14.9. The summed E-state index contributed by atoms with van der Waals surface area (Å²) in [7, 11) is -2.16. The van der Waals surface area contributed by atoms with Crippen LogP contribution in [-0.4, -0.2) is 57.1 Å². The Balaban J connectivity index is 1.72. The van der Waals surface area contributed by atoms with Crippen LogP contribution in [0.4, 0.5) is 5.69 Å². The number of halogens is 2. The number of carbonyl (C=O) groups is 2. The van der Waals surface area contributed by atoms with Gasteiger partial charge in [-0.3, -0.25) is 13.9 Å². The highest BCUT2D eigenvalue weighted by molar-refractivity contribution is 7.92. The molecule has 3 rings (SSSR count). The summed E-state index contributed by atoms with van der Waals surface area (Å²) in [5.74, 6) is 0.00897. The van der Waals surface area contributed by atoms with E-state index in [1.807, 2.05) is 12.1 Å². The summed E-state index contributed by atoms with van der Waals surface area (Å²) in [4.78, 5) is 28.2. The number of methoxy groups -OCH3 is 1. The largest absolute Gasteiger partial charge is 0.495 e. The predicted molar refractivity (Wildman–Crippen MR) is 156 cm³/mol. The highest BCUT2D eigenvalue weighted by Crippen LogP contribution is 2.30. The zero-order valence-electron chi connectivity index (χ0n) is 22.7. The van der Waals surface area contributed by atoms with E-state index >= 15 is 0 Å². The van der Waals surface area contributed by atoms with Crippen LogP contribution in [0, 0.1) is 0 Å². The number of ether oxygens (including phenoxy) is 1. The molecule has 0 bridgehead atoms. The molecule has 39 heavy (non-hydrogen) atoms. The molecule has 2 amide bonds. The van der Waals surface area contributed by atoms with Gasteiger partial charge in [-0.2, -0.15) is 0 Å². The molecule has 8 nitrogen and oxygen atoms in total. The molecular formula is C28H37Cl2N3O5S. The zero-order chi connectivity index (χ0) is 28.6. The molecule has 1 aliphatic carbocycles. The van der Waals surface area contributed by atoms with Crippen molar-refractivity contribution in [2.75, 3.05) is 24.2 Å². The van der Waals surface area contributed by atoms with Gasteiger partial charge >= 0.3 is 0 Å². The number of nitrogens with zero attached hydrogens (tertiary/aromatic N) is 2. The fourth-order valence-electron chi connectivity index (χ4n) is 4.75. The van der Waals surface area contributed by atoms with E-state index in [1.165, 1.54) is 23.9 Å². The van der Waals surface area contributed by atoms with Crippen LogP contribution in [0.25, 0.3) is 0 Å². The van der Waals surface area contributed by atoms with Crippen LogP contribution >= 0.6 is 23.2 Å². The molecule has 1 saturated carbocycles. The van der Waals surface area contributed by atoms with E-state index < -0.39 is 16.1 Å². The summed E-state index contributed by atoms with van der Waals surface area (Å²) in [6.07, 6.45) is 6.66. The monoisotopic (exact) mass is 597 g/mol. The molecule has 1 atom stereocenters. The van der Waals surface area contributed by atoms with E-state index in [9.17, 15) is 18.0 Å². The van der Waals surface area contributed by atoms with Crippen molar-refractivity contribution in [1.29, 1.82) is 0 Å². The van der Waals surface area contributed by atoms with Gasteiger partial charge in [-0.1, -0.05) is 54.6 Å². The van der Waals surface area contributed by atoms with E-state index in [-0.39, 0.29) is 48.8 Å². The molecule has 214 valence electrons. The molecule has 1 N–H and O–H groups in total. The number of anilines is 1. The van der Waals surface area contributed by atoms with E-state index in [2.05, 4.69) is 5.32 Å². The van der Waals surface area contributed by atoms with Gasteiger partial charge in [-0.05, 0) is 62.1 Å². The van der Waals surface area contributed by atoms with Crippen molar-refractivity contribution in [1.82, 2.24) is 10.2 Å². The van der Waals surface area contributed by atoms with Gasteiger partial charge in [0.25, 0.3) is 0 Å². The summed E-state index contributed by atoms with van der Waals surface area (Å²) < 4.78 is 31.5. The molecule has 2 aromatic rings. The highest BCUT2D eigenvalue weighted by Gasteiger charge is 2.28. The Labute approximate surface area is 241 Å². The molecule has 1 fully saturated rings. The van der Waals surface area contributed by atoms with Crippen LogP contribution in [0.15, 0.2) is 42.5 Å². The van der Waals surface area contributed by atoms with Gasteiger partial charge in [0, 0.05) is 30.6 Å². The lowest BCUT2D eigenvalue weighted by molar-refractivity contribution is -0.141. The fraction of sp³-hybridized carbons (Fsp3) is 0.500. The van der Waals surface area contributed by atoms with E-state index in [0.29, 0.717) is 16.5 Å². The maximum Gasteiger partial charge on any atom is 0.242 e. The molecule has 0 radical (unpaired) electrons. The van der Waals surface area contributed by atoms with Gasteiger partial charge in [0.1, 0.15) is 11.8 Å². The van der Waals surface area contributed by atoms with Gasteiger partial charge in [0.05, 0.1) is 24.1 Å². The minimum atomic E-state index is -3.64. The van der Waals surface area contributed by atoms with Crippen molar-refractivity contribution in [2.45, 2.75) is 70.5 Å². The fourth-order valence-corrected chi connectivity index (χ4v) is 6.09. The van der Waals surface area contributed by atoms with Crippen LogP contribution in [-0.2, 0) is 26.2 Å². The number of rotatable bonds is 12. The summed E-state index contributed by atoms with van der Waals surface area (Å²) in [5.41, 5.74) is 1.23. The third kappa shape index (κ3) is 9.01. The second kappa shape index (κ2) is 14.2. The Hall–Kier alpha value is -2.49. The van der Waals surface area contributed by atoms with Crippen LogP contribution in [0.3, 0.4) is 0 Å². The van der Waals surface area contributed by atoms with Crippen LogP contribution in [0.5, 0.6) is 5.75 Å². The number of carbonyl (C=O) groups excluding carboxylic acids is 2. The molecule has 0 unspecified atom stereocenters. The van der Waals surface area contributed by atoms with Crippen LogP contribution in [0.2, 0.25) is 10.0 Å². The minimum Gasteiger partial charge on any atom is -0.495 e. The summed E-state index contributed by atoms with van der Waals surface area (Å²) in [5, 5.41) is 3.98. The quantitative estimate of drug-likeness (QED) is 0.352. The highest BCUT2D eigenvalue weighted by atomic mass is 35.5. The zero-order valence-corrected chi connectivity index (χ0v) is 25.0. The second-order valence-corrected chi connectivity index (χ2v) is 12.7. The van der Waals surface area contributed by atoms with Gasteiger partial charge < -0.3 is 15.0 Å². The SMILES string of the molecule is COc1ccc(N(CCCC(=O)N(Cc2ccc(Cl)cc2)[C@H](C)C(=O)NC2CCCCC2)S(C)(=O)=O)cc1Cl. The van der Waals surface area contributed by atoms with Crippen molar-refractivity contribution in [3.63, 3.8) is 0 Å². The summed E-state index contributed by atoms with van der Waals surface area (Å²) >= 11 is 12.2. The van der Waals surface area contributed by atoms with Gasteiger partial charge in [-0.15, -0.1) is 0 Å².